The summed E-state index contributed by atoms with van der Waals surface area (Å²) in [6, 6.07) is 0. The van der Waals surface area contributed by atoms with Gasteiger partial charge in [-0.05, 0) is 25.7 Å². The SMILES string of the molecule is CCC1(OS(=O)(=O)O)CCCC(F)C1. The summed E-state index contributed by atoms with van der Waals surface area (Å²) in [6.07, 6.45) is 0.895. The Kier molecular flexibility index (Phi) is 3.49. The minimum Gasteiger partial charge on any atom is -0.264 e. The first-order valence-electron chi connectivity index (χ1n) is 4.69. The van der Waals surface area contributed by atoms with E-state index in [0.29, 0.717) is 25.7 Å². The van der Waals surface area contributed by atoms with Crippen molar-refractivity contribution >= 4 is 10.4 Å². The highest BCUT2D eigenvalue weighted by atomic mass is 32.3. The fourth-order valence-electron chi connectivity index (χ4n) is 1.93. The van der Waals surface area contributed by atoms with Crippen molar-refractivity contribution in [1.29, 1.82) is 0 Å². The number of hydrogen-bond acceptors (Lipinski definition) is 3. The highest BCUT2D eigenvalue weighted by Gasteiger charge is 2.39. The van der Waals surface area contributed by atoms with E-state index in [1.165, 1.54) is 0 Å². The molecule has 1 rings (SSSR count). The van der Waals surface area contributed by atoms with Crippen molar-refractivity contribution in [1.82, 2.24) is 0 Å². The number of hydrogen-bond donors (Lipinski definition) is 1. The molecule has 0 heterocycles. The molecule has 0 aliphatic heterocycles. The van der Waals surface area contributed by atoms with E-state index >= 15 is 0 Å². The Hall–Kier alpha value is -0.200. The van der Waals surface area contributed by atoms with Crippen molar-refractivity contribution < 1.29 is 21.5 Å². The van der Waals surface area contributed by atoms with Crippen molar-refractivity contribution in [3.05, 3.63) is 0 Å². The van der Waals surface area contributed by atoms with Crippen LogP contribution in [0.3, 0.4) is 0 Å². The van der Waals surface area contributed by atoms with E-state index in [0.717, 1.165) is 0 Å². The van der Waals surface area contributed by atoms with Crippen molar-refractivity contribution in [2.24, 2.45) is 0 Å². The predicted octanol–water partition coefficient (Wildman–Crippen LogP) is 1.87. The highest BCUT2D eigenvalue weighted by Crippen LogP contribution is 2.36. The van der Waals surface area contributed by atoms with Crippen LogP contribution in [0.4, 0.5) is 4.39 Å². The van der Waals surface area contributed by atoms with Gasteiger partial charge in [0.2, 0.25) is 0 Å². The zero-order chi connectivity index (χ0) is 10.8. The molecule has 1 fully saturated rings. The molecule has 14 heavy (non-hydrogen) atoms. The summed E-state index contributed by atoms with van der Waals surface area (Å²) >= 11 is 0. The monoisotopic (exact) mass is 226 g/mol. The molecule has 6 heteroatoms. The number of rotatable bonds is 3. The van der Waals surface area contributed by atoms with Gasteiger partial charge >= 0.3 is 10.4 Å². The van der Waals surface area contributed by atoms with Gasteiger partial charge in [0.25, 0.3) is 0 Å². The first-order chi connectivity index (χ1) is 6.37. The third kappa shape index (κ3) is 3.18. The molecule has 0 aromatic heterocycles. The van der Waals surface area contributed by atoms with Gasteiger partial charge in [-0.25, -0.2) is 8.57 Å². The summed E-state index contributed by atoms with van der Waals surface area (Å²) in [5, 5.41) is 0. The molecule has 0 bridgehead atoms. The van der Waals surface area contributed by atoms with Crippen LogP contribution in [0.2, 0.25) is 0 Å². The first-order valence-corrected chi connectivity index (χ1v) is 6.05. The van der Waals surface area contributed by atoms with Crippen molar-refractivity contribution in [2.75, 3.05) is 0 Å². The standard InChI is InChI=1S/C8H15FO4S/c1-2-8(13-14(10,11)12)5-3-4-7(9)6-8/h7H,2-6H2,1H3,(H,10,11,12). The van der Waals surface area contributed by atoms with E-state index < -0.39 is 22.2 Å². The Morgan fingerprint density at radius 2 is 2.29 bits per heavy atom. The fourth-order valence-corrected chi connectivity index (χ4v) is 2.65. The third-order valence-electron chi connectivity index (χ3n) is 2.67. The normalized spacial score (nSPS) is 34.4. The first kappa shape index (κ1) is 11.9. The van der Waals surface area contributed by atoms with Crippen LogP contribution in [0.25, 0.3) is 0 Å². The maximum absolute atomic E-state index is 13.1. The second-order valence-corrected chi connectivity index (χ2v) is 4.76. The summed E-state index contributed by atoms with van der Waals surface area (Å²) in [5.74, 6) is 0. The van der Waals surface area contributed by atoms with E-state index in [2.05, 4.69) is 4.18 Å². The van der Waals surface area contributed by atoms with Crippen molar-refractivity contribution in [2.45, 2.75) is 50.8 Å². The molecule has 4 nitrogen and oxygen atoms in total. The maximum atomic E-state index is 13.1. The Morgan fingerprint density at radius 1 is 1.64 bits per heavy atom. The van der Waals surface area contributed by atoms with Gasteiger partial charge < -0.3 is 0 Å². The molecule has 84 valence electrons. The van der Waals surface area contributed by atoms with Crippen molar-refractivity contribution in [3.8, 4) is 0 Å². The van der Waals surface area contributed by atoms with Gasteiger partial charge in [0.15, 0.2) is 0 Å². The minimum atomic E-state index is -4.48. The molecule has 0 aromatic rings. The maximum Gasteiger partial charge on any atom is 0.397 e. The van der Waals surface area contributed by atoms with Crippen molar-refractivity contribution in [3.63, 3.8) is 0 Å². The van der Waals surface area contributed by atoms with E-state index in [9.17, 15) is 12.8 Å². The molecule has 0 spiro atoms. The Balaban J connectivity index is 2.75. The lowest BCUT2D eigenvalue weighted by atomic mass is 9.82. The Labute approximate surface area is 83.4 Å². The zero-order valence-corrected chi connectivity index (χ0v) is 8.89. The molecule has 2 unspecified atom stereocenters. The zero-order valence-electron chi connectivity index (χ0n) is 8.07. The van der Waals surface area contributed by atoms with Crippen LogP contribution in [0.15, 0.2) is 0 Å². The van der Waals surface area contributed by atoms with Gasteiger partial charge in [-0.3, -0.25) is 4.55 Å². The molecule has 1 aliphatic carbocycles. The molecule has 0 amide bonds. The quantitative estimate of drug-likeness (QED) is 0.746. The van der Waals surface area contributed by atoms with Gasteiger partial charge in [-0.15, -0.1) is 0 Å². The smallest absolute Gasteiger partial charge is 0.264 e. The van der Waals surface area contributed by atoms with Gasteiger partial charge in [-0.2, -0.15) is 8.42 Å². The Morgan fingerprint density at radius 3 is 2.71 bits per heavy atom. The van der Waals surface area contributed by atoms with Crippen LogP contribution >= 0.6 is 0 Å². The van der Waals surface area contributed by atoms with Crippen LogP contribution in [0.1, 0.15) is 39.0 Å². The minimum absolute atomic E-state index is 0.0449. The van der Waals surface area contributed by atoms with E-state index in [4.69, 9.17) is 4.55 Å². The van der Waals surface area contributed by atoms with E-state index in [1.54, 1.807) is 6.92 Å². The average Bonchev–Trinajstić information content (AvgIpc) is 2.01. The summed E-state index contributed by atoms with van der Waals surface area (Å²) in [4.78, 5) is 0. The van der Waals surface area contributed by atoms with Crippen LogP contribution in [-0.4, -0.2) is 24.7 Å². The van der Waals surface area contributed by atoms with Crippen LogP contribution in [0, 0.1) is 0 Å². The summed E-state index contributed by atoms with van der Waals surface area (Å²) in [6.45, 7) is 1.73. The second kappa shape index (κ2) is 4.12. The molecule has 0 aromatic carbocycles. The number of halogens is 1. The van der Waals surface area contributed by atoms with E-state index in [-0.39, 0.29) is 6.42 Å². The molecular weight excluding hydrogens is 211 g/mol. The van der Waals surface area contributed by atoms with E-state index in [1.807, 2.05) is 0 Å². The lowest BCUT2D eigenvalue weighted by Crippen LogP contribution is -2.40. The summed E-state index contributed by atoms with van der Waals surface area (Å²) < 4.78 is 47.4. The molecular formula is C8H15FO4S. The highest BCUT2D eigenvalue weighted by molar-refractivity contribution is 7.80. The average molecular weight is 226 g/mol. The lowest BCUT2D eigenvalue weighted by molar-refractivity contribution is -0.00621. The second-order valence-electron chi connectivity index (χ2n) is 3.74. The van der Waals surface area contributed by atoms with Gasteiger partial charge in [0, 0.05) is 6.42 Å². The van der Waals surface area contributed by atoms with Gasteiger partial charge in [-0.1, -0.05) is 6.92 Å². The largest absolute Gasteiger partial charge is 0.397 e. The molecule has 2 atom stereocenters. The summed E-state index contributed by atoms with van der Waals surface area (Å²) in [7, 11) is -4.48. The predicted molar refractivity (Wildman–Crippen MR) is 49.0 cm³/mol. The van der Waals surface area contributed by atoms with Gasteiger partial charge in [0.05, 0.1) is 5.60 Å². The fraction of sp³-hybridized carbons (Fsp3) is 1.00. The lowest BCUT2D eigenvalue weighted by Gasteiger charge is -2.35. The van der Waals surface area contributed by atoms with Gasteiger partial charge in [0.1, 0.15) is 6.17 Å². The molecule has 0 saturated heterocycles. The van der Waals surface area contributed by atoms with Crippen LogP contribution < -0.4 is 0 Å². The molecule has 0 radical (unpaired) electrons. The third-order valence-corrected chi connectivity index (χ3v) is 3.23. The van der Waals surface area contributed by atoms with Crippen LogP contribution in [0.5, 0.6) is 0 Å². The Bertz CT molecular complexity index is 290. The van der Waals surface area contributed by atoms with Crippen LogP contribution in [-0.2, 0) is 14.6 Å². The molecule has 1 saturated carbocycles. The molecule has 1 N–H and O–H groups in total. The number of alkyl halides is 1. The summed E-state index contributed by atoms with van der Waals surface area (Å²) in [5.41, 5.74) is -1.04. The topological polar surface area (TPSA) is 63.6 Å². The molecule has 1 aliphatic rings.